The molecule has 0 saturated carbocycles. The van der Waals surface area contributed by atoms with Crippen LogP contribution in [0.5, 0.6) is 0 Å². The van der Waals surface area contributed by atoms with Crippen LogP contribution in [0.4, 0.5) is 10.1 Å². The first-order chi connectivity index (χ1) is 11.1. The molecule has 118 valence electrons. The number of carbonyl (C=O) groups excluding carboxylic acids is 2. The molecule has 1 aromatic carbocycles. The second kappa shape index (κ2) is 6.56. The molecule has 1 aromatic heterocycles. The Morgan fingerprint density at radius 2 is 2.13 bits per heavy atom. The largest absolute Gasteiger partial charge is 0.352 e. The highest BCUT2D eigenvalue weighted by atomic mass is 19.1. The molecule has 5 nitrogen and oxygen atoms in total. The van der Waals surface area contributed by atoms with Gasteiger partial charge in [0, 0.05) is 31.3 Å². The molecule has 2 aromatic rings. The number of benzene rings is 1. The van der Waals surface area contributed by atoms with Gasteiger partial charge in [-0.25, -0.2) is 4.39 Å². The zero-order chi connectivity index (χ0) is 16.2. The van der Waals surface area contributed by atoms with Gasteiger partial charge in [-0.1, -0.05) is 18.2 Å². The number of anilines is 1. The van der Waals surface area contributed by atoms with Crippen LogP contribution in [0, 0.1) is 11.7 Å². The van der Waals surface area contributed by atoms with Gasteiger partial charge in [0.15, 0.2) is 0 Å². The molecule has 0 spiro atoms. The molecule has 1 fully saturated rings. The van der Waals surface area contributed by atoms with E-state index >= 15 is 0 Å². The Balaban J connectivity index is 1.61. The van der Waals surface area contributed by atoms with Gasteiger partial charge in [0.1, 0.15) is 5.82 Å². The van der Waals surface area contributed by atoms with Crippen molar-refractivity contribution in [3.63, 3.8) is 0 Å². The minimum Gasteiger partial charge on any atom is -0.352 e. The third kappa shape index (κ3) is 3.36. The fraction of sp³-hybridized carbons (Fsp3) is 0.235. The fourth-order valence-electron chi connectivity index (χ4n) is 2.61. The second-order valence-electron chi connectivity index (χ2n) is 5.43. The minimum absolute atomic E-state index is 0.107. The number of halogens is 1. The molecule has 1 aliphatic heterocycles. The molecule has 1 saturated heterocycles. The van der Waals surface area contributed by atoms with Gasteiger partial charge in [0.2, 0.25) is 11.8 Å². The maximum absolute atomic E-state index is 13.5. The van der Waals surface area contributed by atoms with Gasteiger partial charge >= 0.3 is 0 Å². The van der Waals surface area contributed by atoms with E-state index in [2.05, 4.69) is 10.3 Å². The number of rotatable bonds is 4. The van der Waals surface area contributed by atoms with Crippen molar-refractivity contribution >= 4 is 17.5 Å². The number of nitrogens with zero attached hydrogens (tertiary/aromatic N) is 2. The second-order valence-corrected chi connectivity index (χ2v) is 5.43. The van der Waals surface area contributed by atoms with Gasteiger partial charge in [0.05, 0.1) is 17.8 Å². The summed E-state index contributed by atoms with van der Waals surface area (Å²) >= 11 is 0. The fourth-order valence-corrected chi connectivity index (χ4v) is 2.61. The van der Waals surface area contributed by atoms with Crippen LogP contribution < -0.4 is 10.2 Å². The Labute approximate surface area is 133 Å². The lowest BCUT2D eigenvalue weighted by Crippen LogP contribution is -2.32. The van der Waals surface area contributed by atoms with Crippen LogP contribution >= 0.6 is 0 Å². The van der Waals surface area contributed by atoms with Crippen molar-refractivity contribution < 1.29 is 14.0 Å². The Morgan fingerprint density at radius 1 is 1.30 bits per heavy atom. The third-order valence-electron chi connectivity index (χ3n) is 3.86. The van der Waals surface area contributed by atoms with Crippen molar-refractivity contribution in [3.05, 3.63) is 60.2 Å². The molecular formula is C17H16FN3O2. The third-order valence-corrected chi connectivity index (χ3v) is 3.86. The van der Waals surface area contributed by atoms with Crippen LogP contribution in [0.15, 0.2) is 48.8 Å². The van der Waals surface area contributed by atoms with E-state index < -0.39 is 5.92 Å². The number of hydrogen-bond acceptors (Lipinski definition) is 3. The number of amides is 2. The van der Waals surface area contributed by atoms with Gasteiger partial charge in [-0.15, -0.1) is 0 Å². The quantitative estimate of drug-likeness (QED) is 0.937. The maximum atomic E-state index is 13.5. The van der Waals surface area contributed by atoms with Gasteiger partial charge in [-0.2, -0.15) is 0 Å². The molecule has 3 rings (SSSR count). The average molecular weight is 313 g/mol. The highest BCUT2D eigenvalue weighted by Gasteiger charge is 2.35. The Kier molecular flexibility index (Phi) is 4.32. The predicted molar refractivity (Wildman–Crippen MR) is 82.9 cm³/mol. The van der Waals surface area contributed by atoms with E-state index in [9.17, 15) is 14.0 Å². The van der Waals surface area contributed by atoms with E-state index in [4.69, 9.17) is 0 Å². The Bertz CT molecular complexity index is 721. The Morgan fingerprint density at radius 3 is 2.87 bits per heavy atom. The average Bonchev–Trinajstić information content (AvgIpc) is 2.96. The standard InChI is InChI=1S/C17H16FN3O2/c18-15-6-2-1-4-12(15)9-20-17(23)13-8-16(22)21(11-13)14-5-3-7-19-10-14/h1-7,10,13H,8-9,11H2,(H,20,23). The number of pyridine rings is 1. The maximum Gasteiger partial charge on any atom is 0.227 e. The molecule has 2 amide bonds. The van der Waals surface area contributed by atoms with E-state index in [0.717, 1.165) is 0 Å². The Hall–Kier alpha value is -2.76. The molecule has 1 atom stereocenters. The summed E-state index contributed by atoms with van der Waals surface area (Å²) in [5, 5.41) is 2.70. The first-order valence-corrected chi connectivity index (χ1v) is 7.36. The van der Waals surface area contributed by atoms with Crippen molar-refractivity contribution in [1.82, 2.24) is 10.3 Å². The summed E-state index contributed by atoms with van der Waals surface area (Å²) in [6.07, 6.45) is 3.37. The number of aromatic nitrogens is 1. The summed E-state index contributed by atoms with van der Waals surface area (Å²) < 4.78 is 13.5. The number of hydrogen-bond donors (Lipinski definition) is 1. The minimum atomic E-state index is -0.436. The van der Waals surface area contributed by atoms with Crippen molar-refractivity contribution in [2.75, 3.05) is 11.4 Å². The van der Waals surface area contributed by atoms with Crippen LogP contribution in [-0.4, -0.2) is 23.3 Å². The van der Waals surface area contributed by atoms with Crippen LogP contribution in [0.2, 0.25) is 0 Å². The van der Waals surface area contributed by atoms with Crippen LogP contribution in [0.25, 0.3) is 0 Å². The molecule has 23 heavy (non-hydrogen) atoms. The van der Waals surface area contributed by atoms with Crippen LogP contribution in [0.1, 0.15) is 12.0 Å². The summed E-state index contributed by atoms with van der Waals surface area (Å²) in [4.78, 5) is 29.8. The summed E-state index contributed by atoms with van der Waals surface area (Å²) in [5.41, 5.74) is 1.11. The lowest BCUT2D eigenvalue weighted by atomic mass is 10.1. The molecule has 1 aliphatic rings. The molecular weight excluding hydrogens is 297 g/mol. The highest BCUT2D eigenvalue weighted by molar-refractivity contribution is 6.00. The summed E-state index contributed by atoms with van der Waals surface area (Å²) in [6, 6.07) is 9.82. The van der Waals surface area contributed by atoms with Gasteiger partial charge < -0.3 is 10.2 Å². The SMILES string of the molecule is O=C(NCc1ccccc1F)C1CC(=O)N(c2cccnc2)C1. The zero-order valence-corrected chi connectivity index (χ0v) is 12.4. The smallest absolute Gasteiger partial charge is 0.227 e. The molecule has 6 heteroatoms. The normalized spacial score (nSPS) is 17.3. The first kappa shape index (κ1) is 15.1. The van der Waals surface area contributed by atoms with E-state index in [1.54, 1.807) is 47.6 Å². The molecule has 1 unspecified atom stereocenters. The molecule has 2 heterocycles. The number of nitrogens with one attached hydrogen (secondary N) is 1. The van der Waals surface area contributed by atoms with E-state index in [-0.39, 0.29) is 30.6 Å². The van der Waals surface area contributed by atoms with Crippen molar-refractivity contribution in [2.45, 2.75) is 13.0 Å². The van der Waals surface area contributed by atoms with E-state index in [1.165, 1.54) is 6.07 Å². The zero-order valence-electron chi connectivity index (χ0n) is 12.4. The van der Waals surface area contributed by atoms with Gasteiger partial charge in [-0.05, 0) is 18.2 Å². The topological polar surface area (TPSA) is 62.3 Å². The van der Waals surface area contributed by atoms with Crippen LogP contribution in [0.3, 0.4) is 0 Å². The van der Waals surface area contributed by atoms with Crippen molar-refractivity contribution in [1.29, 1.82) is 0 Å². The summed E-state index contributed by atoms with van der Waals surface area (Å²) in [7, 11) is 0. The van der Waals surface area contributed by atoms with Crippen molar-refractivity contribution in [3.8, 4) is 0 Å². The predicted octanol–water partition coefficient (Wildman–Crippen LogP) is 1.89. The summed E-state index contributed by atoms with van der Waals surface area (Å²) in [5.74, 6) is -1.14. The highest BCUT2D eigenvalue weighted by Crippen LogP contribution is 2.24. The number of carbonyl (C=O) groups is 2. The van der Waals surface area contributed by atoms with E-state index in [1.807, 2.05) is 0 Å². The summed E-state index contributed by atoms with van der Waals surface area (Å²) in [6.45, 7) is 0.427. The molecule has 1 N–H and O–H groups in total. The molecule has 0 aliphatic carbocycles. The monoisotopic (exact) mass is 313 g/mol. The van der Waals surface area contributed by atoms with Gasteiger partial charge in [0.25, 0.3) is 0 Å². The van der Waals surface area contributed by atoms with Gasteiger partial charge in [-0.3, -0.25) is 14.6 Å². The molecule has 0 radical (unpaired) electrons. The van der Waals surface area contributed by atoms with E-state index in [0.29, 0.717) is 17.8 Å². The lowest BCUT2D eigenvalue weighted by molar-refractivity contribution is -0.126. The first-order valence-electron chi connectivity index (χ1n) is 7.36. The van der Waals surface area contributed by atoms with Crippen molar-refractivity contribution in [2.24, 2.45) is 5.92 Å². The van der Waals surface area contributed by atoms with Crippen LogP contribution in [-0.2, 0) is 16.1 Å². The molecule has 0 bridgehead atoms. The lowest BCUT2D eigenvalue weighted by Gasteiger charge is -2.16.